The van der Waals surface area contributed by atoms with E-state index in [0.29, 0.717) is 79.9 Å². The molecule has 7 rings (SSSR count). The van der Waals surface area contributed by atoms with Gasteiger partial charge in [0, 0.05) is 34.3 Å². The molecule has 1 spiro atoms. The Labute approximate surface area is 332 Å². The number of hydrogen-bond acceptors (Lipinski definition) is 9. The van der Waals surface area contributed by atoms with Crippen LogP contribution in [0.25, 0.3) is 16.3 Å². The minimum atomic E-state index is -2.04. The highest BCUT2D eigenvalue weighted by Gasteiger charge is 2.51. The first-order valence-corrected chi connectivity index (χ1v) is 22.1. The Morgan fingerprint density at radius 3 is 2.20 bits per heavy atom. The van der Waals surface area contributed by atoms with Crippen LogP contribution in [-0.4, -0.2) is 59.4 Å². The van der Waals surface area contributed by atoms with E-state index in [-0.39, 0.29) is 43.6 Å². The summed E-state index contributed by atoms with van der Waals surface area (Å²) in [5.74, 6) is -0.368. The number of fused-ring (bicyclic) bond motifs is 4. The highest BCUT2D eigenvalue weighted by atomic mass is 28.4. The molecule has 4 aromatic rings. The number of methoxy groups -OCH3 is 2. The van der Waals surface area contributed by atoms with Gasteiger partial charge in [0.05, 0.1) is 50.6 Å². The third kappa shape index (κ3) is 6.73. The number of carbonyl (C=O) groups is 1. The number of aromatic hydroxyl groups is 1. The van der Waals surface area contributed by atoms with Crippen molar-refractivity contribution in [1.29, 1.82) is 0 Å². The highest BCUT2D eigenvalue weighted by molar-refractivity contribution is 6.77. The average Bonchev–Trinajstić information content (AvgIpc) is 3.67. The fraction of sp³-hybridized carbons (Fsp3) is 0.457. The Kier molecular flexibility index (Phi) is 11.4. The molecule has 2 heterocycles. The van der Waals surface area contributed by atoms with Crippen molar-refractivity contribution in [3.63, 3.8) is 0 Å². The monoisotopic (exact) mass is 780 g/mol. The molecular weight excluding hydrogens is 725 g/mol. The van der Waals surface area contributed by atoms with Gasteiger partial charge in [-0.15, -0.1) is 0 Å². The van der Waals surface area contributed by atoms with Crippen molar-refractivity contribution >= 4 is 30.4 Å². The molecule has 0 radical (unpaired) electrons. The molecule has 298 valence electrons. The van der Waals surface area contributed by atoms with Crippen molar-refractivity contribution in [3.05, 3.63) is 100 Å². The number of hydrogen-bond donors (Lipinski definition) is 1. The topological polar surface area (TPSA) is 102 Å². The van der Waals surface area contributed by atoms with E-state index in [1.807, 2.05) is 37.3 Å². The molecule has 4 aromatic carbocycles. The second kappa shape index (κ2) is 16.0. The van der Waals surface area contributed by atoms with Crippen LogP contribution in [0.5, 0.6) is 23.0 Å². The zero-order valence-electron chi connectivity index (χ0n) is 34.2. The van der Waals surface area contributed by atoms with Crippen LogP contribution in [-0.2, 0) is 37.5 Å². The molecule has 2 aliphatic heterocycles. The van der Waals surface area contributed by atoms with E-state index in [1.54, 1.807) is 38.5 Å². The summed E-state index contributed by atoms with van der Waals surface area (Å²) < 4.78 is 45.2. The molecule has 9 nitrogen and oxygen atoms in total. The van der Waals surface area contributed by atoms with Crippen molar-refractivity contribution in [2.75, 3.05) is 34.0 Å². The summed E-state index contributed by atoms with van der Waals surface area (Å²) in [6.07, 6.45) is 2.48. The molecular formula is C46H56O9Si. The molecule has 0 amide bonds. The molecule has 2 atom stereocenters. The van der Waals surface area contributed by atoms with Crippen LogP contribution in [0, 0.1) is 0 Å². The largest absolute Gasteiger partial charge is 0.507 e. The van der Waals surface area contributed by atoms with E-state index in [4.69, 9.17) is 32.8 Å². The van der Waals surface area contributed by atoms with Crippen LogP contribution in [0.4, 0.5) is 0 Å². The number of phenols is 1. The predicted molar refractivity (Wildman–Crippen MR) is 220 cm³/mol. The molecule has 1 unspecified atom stereocenters. The van der Waals surface area contributed by atoms with Crippen LogP contribution in [0.2, 0.25) is 16.6 Å². The highest BCUT2D eigenvalue weighted by Crippen LogP contribution is 2.56. The number of benzene rings is 4. The molecule has 10 heteroatoms. The van der Waals surface area contributed by atoms with Gasteiger partial charge < -0.3 is 38.0 Å². The fourth-order valence-electron chi connectivity index (χ4n) is 9.78. The van der Waals surface area contributed by atoms with E-state index in [0.717, 1.165) is 23.1 Å². The van der Waals surface area contributed by atoms with Gasteiger partial charge in [-0.05, 0) is 71.8 Å². The van der Waals surface area contributed by atoms with Crippen LogP contribution < -0.4 is 14.2 Å². The number of phenolic OH excluding ortho intramolecular Hbond substituents is 1. The minimum Gasteiger partial charge on any atom is -0.507 e. The number of carbonyl (C=O) groups excluding carboxylic acids is 1. The van der Waals surface area contributed by atoms with E-state index in [1.165, 1.54) is 6.08 Å². The maximum Gasteiger partial charge on any atom is 0.227 e. The first kappa shape index (κ1) is 40.0. The number of rotatable bonds is 13. The van der Waals surface area contributed by atoms with Crippen LogP contribution >= 0.6 is 0 Å². The maximum absolute atomic E-state index is 13.8. The summed E-state index contributed by atoms with van der Waals surface area (Å²) in [5.41, 5.74) is 5.98. The Hall–Kier alpha value is -4.19. The summed E-state index contributed by atoms with van der Waals surface area (Å²) in [6.45, 7) is 17.4. The summed E-state index contributed by atoms with van der Waals surface area (Å²) in [6, 6.07) is 19.1. The molecule has 1 fully saturated rings. The molecule has 0 bridgehead atoms. The quantitative estimate of drug-likeness (QED) is 0.133. The Morgan fingerprint density at radius 1 is 0.875 bits per heavy atom. The Morgan fingerprint density at radius 2 is 1.55 bits per heavy atom. The van der Waals surface area contributed by atoms with Crippen LogP contribution in [0.3, 0.4) is 0 Å². The van der Waals surface area contributed by atoms with E-state index < -0.39 is 14.1 Å². The van der Waals surface area contributed by atoms with Gasteiger partial charge >= 0.3 is 0 Å². The van der Waals surface area contributed by atoms with Gasteiger partial charge in [0.15, 0.2) is 14.1 Å². The van der Waals surface area contributed by atoms with Gasteiger partial charge in [-0.3, -0.25) is 4.79 Å². The Bertz CT molecular complexity index is 2090. The van der Waals surface area contributed by atoms with Gasteiger partial charge in [-0.2, -0.15) is 0 Å². The predicted octanol–water partition coefficient (Wildman–Crippen LogP) is 10.2. The minimum absolute atomic E-state index is 0.0704. The summed E-state index contributed by atoms with van der Waals surface area (Å²) >= 11 is 0. The summed E-state index contributed by atoms with van der Waals surface area (Å²) in [7, 11) is 1.12. The van der Waals surface area contributed by atoms with Crippen molar-refractivity contribution in [2.45, 2.75) is 103 Å². The first-order valence-electron chi connectivity index (χ1n) is 20.0. The molecule has 3 aliphatic rings. The van der Waals surface area contributed by atoms with Gasteiger partial charge in [-0.25, -0.2) is 0 Å². The Balaban J connectivity index is 1.35. The number of ketones is 1. The van der Waals surface area contributed by atoms with Gasteiger partial charge in [0.25, 0.3) is 0 Å². The van der Waals surface area contributed by atoms with Gasteiger partial charge in [-0.1, -0.05) is 84.0 Å². The molecule has 0 saturated carbocycles. The van der Waals surface area contributed by atoms with Crippen molar-refractivity contribution in [2.24, 2.45) is 0 Å². The van der Waals surface area contributed by atoms with Crippen molar-refractivity contribution < 1.29 is 42.7 Å². The zero-order chi connectivity index (χ0) is 39.9. The summed E-state index contributed by atoms with van der Waals surface area (Å²) in [4.78, 5) is 13.8. The lowest BCUT2D eigenvalue weighted by molar-refractivity contribution is -0.115. The lowest BCUT2D eigenvalue weighted by Crippen LogP contribution is -2.48. The SMILES string of the molecule is COc1cccc2c1C1(OCCO1)C(c1cc(OC)c3cc4c(c(OCc5ccccc5)c3c1O)[C@H](C)OC(CCO[Si](C(C)C)(C(C)C)C(C)C)C4)=CC2=O. The average molecular weight is 781 g/mol. The molecule has 56 heavy (non-hydrogen) atoms. The third-order valence-electron chi connectivity index (χ3n) is 12.1. The van der Waals surface area contributed by atoms with E-state index in [9.17, 15) is 9.90 Å². The third-order valence-corrected chi connectivity index (χ3v) is 18.2. The zero-order valence-corrected chi connectivity index (χ0v) is 35.2. The maximum atomic E-state index is 13.8. The fourth-order valence-corrected chi connectivity index (χ4v) is 15.2. The number of allylic oxidation sites excluding steroid dienone is 1. The van der Waals surface area contributed by atoms with Crippen molar-refractivity contribution in [3.8, 4) is 23.0 Å². The molecule has 1 N–H and O–H groups in total. The second-order valence-corrected chi connectivity index (χ2v) is 21.6. The molecule has 1 aliphatic carbocycles. The smallest absolute Gasteiger partial charge is 0.227 e. The number of ether oxygens (including phenoxy) is 6. The van der Waals surface area contributed by atoms with Crippen LogP contribution in [0.1, 0.15) is 99.2 Å². The standard InChI is InChI=1S/C46H56O9Si/c1-27(2)56(28(3)4,29(5)6)54-19-18-33-22-32-23-36-40(50-9)24-35(37-25-38(47)34-16-13-17-39(49-8)43(34)46(37)52-20-21-53-46)44(48)42(36)45(41(32)30(7)55-33)51-26-31-14-11-10-12-15-31/h10-17,23-25,27-30,33,48H,18-22,26H2,1-9H3/t30-,33?/m0/s1. The van der Waals surface area contributed by atoms with E-state index >= 15 is 0 Å². The van der Waals surface area contributed by atoms with Gasteiger partial charge in [0.2, 0.25) is 5.79 Å². The summed E-state index contributed by atoms with van der Waals surface area (Å²) in [5, 5.41) is 13.7. The lowest BCUT2D eigenvalue weighted by atomic mass is 9.80. The van der Waals surface area contributed by atoms with E-state index in [2.05, 4.69) is 47.6 Å². The van der Waals surface area contributed by atoms with Crippen LogP contribution in [0.15, 0.2) is 66.7 Å². The van der Waals surface area contributed by atoms with Crippen molar-refractivity contribution in [1.82, 2.24) is 0 Å². The first-order chi connectivity index (χ1) is 26.9. The second-order valence-electron chi connectivity index (χ2n) is 16.1. The lowest BCUT2D eigenvalue weighted by Gasteiger charge is -2.42. The molecule has 1 saturated heterocycles. The molecule has 0 aromatic heterocycles. The van der Waals surface area contributed by atoms with Gasteiger partial charge in [0.1, 0.15) is 29.6 Å². The normalized spacial score (nSPS) is 19.1.